The minimum atomic E-state index is -1.03. The third-order valence-electron chi connectivity index (χ3n) is 1.43. The molecule has 2 heteroatoms. The topological polar surface area (TPSA) is 37.0 Å². The summed E-state index contributed by atoms with van der Waals surface area (Å²) in [6.45, 7) is 1.93. The fraction of sp³-hybridized carbons (Fsp3) is 0.222. The Morgan fingerprint density at radius 3 is 2.73 bits per heavy atom. The first-order valence-corrected chi connectivity index (χ1v) is 3.44. The molecule has 0 unspecified atom stereocenters. The van der Waals surface area contributed by atoms with Crippen molar-refractivity contribution in [2.24, 2.45) is 0 Å². The van der Waals surface area contributed by atoms with E-state index in [1.54, 1.807) is 6.07 Å². The molecule has 0 aliphatic rings. The molecule has 0 fully saturated rings. The van der Waals surface area contributed by atoms with Crippen LogP contribution in [-0.4, -0.2) is 5.97 Å². The van der Waals surface area contributed by atoms with Crippen molar-refractivity contribution >= 4 is 5.97 Å². The quantitative estimate of drug-likeness (QED) is 0.627. The van der Waals surface area contributed by atoms with Crippen LogP contribution < -0.4 is 0 Å². The standard InChI is InChI=1S/C9H9O2/c1-7-3-2-4-8(5-7)6-9(10)11/h2-5H,6H2,1H3. The molecule has 57 valence electrons. The molecule has 0 bridgehead atoms. The second kappa shape index (κ2) is 3.19. The summed E-state index contributed by atoms with van der Waals surface area (Å²) >= 11 is 0. The minimum Gasteiger partial charge on any atom is -0.247 e. The Balaban J connectivity index is 2.79. The summed E-state index contributed by atoms with van der Waals surface area (Å²) in [4.78, 5) is 10.2. The van der Waals surface area contributed by atoms with Crippen LogP contribution in [0.1, 0.15) is 11.1 Å². The van der Waals surface area contributed by atoms with E-state index >= 15 is 0 Å². The molecule has 0 amide bonds. The van der Waals surface area contributed by atoms with Crippen LogP contribution in [-0.2, 0) is 16.3 Å². The first-order valence-electron chi connectivity index (χ1n) is 3.44. The highest BCUT2D eigenvalue weighted by molar-refractivity contribution is 5.69. The summed E-state index contributed by atoms with van der Waals surface area (Å²) in [5.41, 5.74) is 1.87. The van der Waals surface area contributed by atoms with E-state index in [1.165, 1.54) is 0 Å². The molecule has 0 atom stereocenters. The fourth-order valence-electron chi connectivity index (χ4n) is 0.989. The largest absolute Gasteiger partial charge is 0.359 e. The molecular formula is C9H9O2. The second-order valence-electron chi connectivity index (χ2n) is 2.54. The van der Waals surface area contributed by atoms with E-state index in [4.69, 9.17) is 0 Å². The van der Waals surface area contributed by atoms with Crippen molar-refractivity contribution in [3.63, 3.8) is 0 Å². The maximum absolute atomic E-state index is 10.2. The van der Waals surface area contributed by atoms with E-state index in [0.29, 0.717) is 0 Å². The minimum absolute atomic E-state index is 0.00167. The van der Waals surface area contributed by atoms with E-state index in [-0.39, 0.29) is 6.42 Å². The number of hydrogen-bond donors (Lipinski definition) is 0. The van der Waals surface area contributed by atoms with Crippen LogP contribution in [0, 0.1) is 6.92 Å². The molecule has 0 spiro atoms. The van der Waals surface area contributed by atoms with E-state index in [9.17, 15) is 9.90 Å². The molecule has 0 saturated heterocycles. The smallest absolute Gasteiger partial charge is 0.247 e. The van der Waals surface area contributed by atoms with Gasteiger partial charge in [-0.2, -0.15) is 0 Å². The second-order valence-corrected chi connectivity index (χ2v) is 2.54. The van der Waals surface area contributed by atoms with Gasteiger partial charge in [0.1, 0.15) is 0 Å². The van der Waals surface area contributed by atoms with Gasteiger partial charge < -0.3 is 0 Å². The highest BCUT2D eigenvalue weighted by Crippen LogP contribution is 2.04. The lowest BCUT2D eigenvalue weighted by Gasteiger charge is -1.95. The number of carbonyl (C=O) groups excluding carboxylic acids is 1. The molecule has 2 nitrogen and oxygen atoms in total. The predicted molar refractivity (Wildman–Crippen MR) is 40.6 cm³/mol. The first-order chi connectivity index (χ1) is 5.18. The Bertz CT molecular complexity index is 266. The summed E-state index contributed by atoms with van der Waals surface area (Å²) in [7, 11) is 0. The van der Waals surface area contributed by atoms with Crippen molar-refractivity contribution in [1.82, 2.24) is 0 Å². The molecule has 1 aromatic carbocycles. The van der Waals surface area contributed by atoms with Gasteiger partial charge in [0.25, 0.3) is 0 Å². The van der Waals surface area contributed by atoms with E-state index in [0.717, 1.165) is 11.1 Å². The number of benzene rings is 1. The van der Waals surface area contributed by atoms with Crippen LogP contribution in [0.4, 0.5) is 0 Å². The van der Waals surface area contributed by atoms with Crippen molar-refractivity contribution in [2.75, 3.05) is 0 Å². The third-order valence-corrected chi connectivity index (χ3v) is 1.43. The molecule has 0 aliphatic carbocycles. The van der Waals surface area contributed by atoms with Crippen LogP contribution in [0.3, 0.4) is 0 Å². The average molecular weight is 149 g/mol. The monoisotopic (exact) mass is 149 g/mol. The maximum Gasteiger partial charge on any atom is 0.359 e. The summed E-state index contributed by atoms with van der Waals surface area (Å²) in [6, 6.07) is 7.39. The lowest BCUT2D eigenvalue weighted by atomic mass is 10.1. The molecule has 11 heavy (non-hydrogen) atoms. The third kappa shape index (κ3) is 2.42. The van der Waals surface area contributed by atoms with Gasteiger partial charge in [-0.1, -0.05) is 29.8 Å². The lowest BCUT2D eigenvalue weighted by Crippen LogP contribution is -1.97. The number of hydrogen-bond acceptors (Lipinski definition) is 1. The van der Waals surface area contributed by atoms with Crippen molar-refractivity contribution in [1.29, 1.82) is 0 Å². The Morgan fingerprint density at radius 2 is 2.18 bits per heavy atom. The Morgan fingerprint density at radius 1 is 1.45 bits per heavy atom. The van der Waals surface area contributed by atoms with Gasteiger partial charge in [0.05, 0.1) is 6.42 Å². The van der Waals surface area contributed by atoms with Crippen LogP contribution in [0.15, 0.2) is 24.3 Å². The molecule has 0 N–H and O–H groups in total. The van der Waals surface area contributed by atoms with Gasteiger partial charge in [-0.3, -0.25) is 0 Å². The van der Waals surface area contributed by atoms with Gasteiger partial charge in [0, 0.05) is 0 Å². The van der Waals surface area contributed by atoms with E-state index in [2.05, 4.69) is 0 Å². The molecule has 0 saturated carbocycles. The van der Waals surface area contributed by atoms with Crippen molar-refractivity contribution < 1.29 is 9.90 Å². The molecule has 0 heterocycles. The zero-order valence-corrected chi connectivity index (χ0v) is 6.33. The van der Waals surface area contributed by atoms with Crippen molar-refractivity contribution in [3.05, 3.63) is 35.4 Å². The normalized spacial score (nSPS) is 9.55. The summed E-state index contributed by atoms with van der Waals surface area (Å²) in [5.74, 6) is -1.03. The molecule has 1 radical (unpaired) electrons. The fourth-order valence-corrected chi connectivity index (χ4v) is 0.989. The van der Waals surface area contributed by atoms with Crippen LogP contribution in [0.25, 0.3) is 0 Å². The van der Waals surface area contributed by atoms with Crippen LogP contribution in [0.5, 0.6) is 0 Å². The molecule has 1 aromatic rings. The van der Waals surface area contributed by atoms with Crippen molar-refractivity contribution in [3.8, 4) is 0 Å². The van der Waals surface area contributed by atoms with E-state index in [1.807, 2.05) is 25.1 Å². The van der Waals surface area contributed by atoms with Gasteiger partial charge in [-0.15, -0.1) is 0 Å². The molecule has 0 aliphatic heterocycles. The predicted octanol–water partition coefficient (Wildman–Crippen LogP) is 1.49. The highest BCUT2D eigenvalue weighted by atomic mass is 16.4. The highest BCUT2D eigenvalue weighted by Gasteiger charge is 2.00. The summed E-state index contributed by atoms with van der Waals surface area (Å²) < 4.78 is 0. The SMILES string of the molecule is Cc1cccc(CC([O])=O)c1. The Labute approximate surface area is 65.5 Å². The van der Waals surface area contributed by atoms with Gasteiger partial charge in [0.15, 0.2) is 0 Å². The summed E-state index contributed by atoms with van der Waals surface area (Å²) in [6.07, 6.45) is 0.00167. The number of carbonyl (C=O) groups is 1. The van der Waals surface area contributed by atoms with E-state index < -0.39 is 5.97 Å². The van der Waals surface area contributed by atoms with Gasteiger partial charge >= 0.3 is 5.97 Å². The number of aryl methyl sites for hydroxylation is 1. The summed E-state index contributed by atoms with van der Waals surface area (Å²) in [5, 5.41) is 10.2. The van der Waals surface area contributed by atoms with Gasteiger partial charge in [-0.05, 0) is 12.5 Å². The van der Waals surface area contributed by atoms with Crippen molar-refractivity contribution in [2.45, 2.75) is 13.3 Å². The number of rotatable bonds is 2. The average Bonchev–Trinajstić information content (AvgIpc) is 1.85. The Hall–Kier alpha value is -1.31. The first kappa shape index (κ1) is 7.79. The lowest BCUT2D eigenvalue weighted by molar-refractivity contribution is -0.142. The Kier molecular flexibility index (Phi) is 2.26. The van der Waals surface area contributed by atoms with Gasteiger partial charge in [0.2, 0.25) is 0 Å². The molecule has 0 aromatic heterocycles. The zero-order valence-electron chi connectivity index (χ0n) is 6.33. The van der Waals surface area contributed by atoms with Crippen LogP contribution >= 0.6 is 0 Å². The maximum atomic E-state index is 10.2. The zero-order chi connectivity index (χ0) is 8.27. The van der Waals surface area contributed by atoms with Crippen LogP contribution in [0.2, 0.25) is 0 Å². The molecular weight excluding hydrogens is 140 g/mol. The molecule has 1 rings (SSSR count). The van der Waals surface area contributed by atoms with Gasteiger partial charge in [-0.25, -0.2) is 9.90 Å².